The second kappa shape index (κ2) is 4.30. The molecule has 1 aromatic rings. The number of nitrogens with one attached hydrogen (secondary N) is 1. The highest BCUT2D eigenvalue weighted by Gasteiger charge is 2.32. The van der Waals surface area contributed by atoms with Crippen molar-refractivity contribution in [2.24, 2.45) is 0 Å². The van der Waals surface area contributed by atoms with Gasteiger partial charge >= 0.3 is 0 Å². The predicted molar refractivity (Wildman–Crippen MR) is 68.0 cm³/mol. The summed E-state index contributed by atoms with van der Waals surface area (Å²) >= 11 is 1.56. The minimum Gasteiger partial charge on any atom is -0.383 e. The maximum absolute atomic E-state index is 12.3. The molecule has 1 atom stereocenters. The van der Waals surface area contributed by atoms with E-state index in [0.29, 0.717) is 17.9 Å². The molecule has 3 nitrogen and oxygen atoms in total. The van der Waals surface area contributed by atoms with Crippen molar-refractivity contribution in [1.82, 2.24) is 0 Å². The molecule has 1 aliphatic heterocycles. The standard InChI is InChI=1S/C11H15NO2S2/c1-3-9-7-12-10-5-4-8(15-2)6-11(10)16(9,13)14/h4-6,9,12H,3,7H2,1-2H3. The molecule has 16 heavy (non-hydrogen) atoms. The van der Waals surface area contributed by atoms with Crippen molar-refractivity contribution in [1.29, 1.82) is 0 Å². The first-order valence-corrected chi connectivity index (χ1v) is 8.02. The Bertz CT molecular complexity index is 497. The third-order valence-corrected chi connectivity index (χ3v) is 5.96. The van der Waals surface area contributed by atoms with Crippen molar-refractivity contribution in [3.05, 3.63) is 18.2 Å². The Hall–Kier alpha value is -0.680. The lowest BCUT2D eigenvalue weighted by Crippen LogP contribution is -2.33. The summed E-state index contributed by atoms with van der Waals surface area (Å²) in [4.78, 5) is 1.44. The van der Waals surface area contributed by atoms with E-state index in [1.807, 2.05) is 25.3 Å². The molecule has 0 fully saturated rings. The first-order chi connectivity index (χ1) is 7.59. The lowest BCUT2D eigenvalue weighted by Gasteiger charge is -2.25. The highest BCUT2D eigenvalue weighted by molar-refractivity contribution is 7.98. The molecule has 0 saturated heterocycles. The first-order valence-electron chi connectivity index (χ1n) is 5.25. The summed E-state index contributed by atoms with van der Waals surface area (Å²) < 4.78 is 24.5. The van der Waals surface area contributed by atoms with Crippen LogP contribution in [0.1, 0.15) is 13.3 Å². The molecule has 0 aromatic heterocycles. The van der Waals surface area contributed by atoms with Gasteiger partial charge in [-0.3, -0.25) is 0 Å². The number of rotatable bonds is 2. The van der Waals surface area contributed by atoms with Gasteiger partial charge in [0.1, 0.15) is 0 Å². The molecule has 88 valence electrons. The molecule has 5 heteroatoms. The van der Waals surface area contributed by atoms with Crippen LogP contribution < -0.4 is 5.32 Å². The summed E-state index contributed by atoms with van der Waals surface area (Å²) in [6.07, 6.45) is 2.60. The van der Waals surface area contributed by atoms with E-state index < -0.39 is 9.84 Å². The van der Waals surface area contributed by atoms with Crippen LogP contribution in [-0.4, -0.2) is 26.5 Å². The average molecular weight is 257 g/mol. The Balaban J connectivity index is 2.56. The van der Waals surface area contributed by atoms with Gasteiger partial charge < -0.3 is 5.32 Å². The first kappa shape index (κ1) is 11.8. The zero-order valence-electron chi connectivity index (χ0n) is 9.36. The Morgan fingerprint density at radius 2 is 2.25 bits per heavy atom. The lowest BCUT2D eigenvalue weighted by atomic mass is 10.2. The molecular weight excluding hydrogens is 242 g/mol. The van der Waals surface area contributed by atoms with Crippen molar-refractivity contribution in [3.63, 3.8) is 0 Å². The predicted octanol–water partition coefficient (Wildman–Crippen LogP) is 2.39. The third-order valence-electron chi connectivity index (χ3n) is 2.91. The molecule has 1 aromatic carbocycles. The maximum atomic E-state index is 12.3. The number of thioether (sulfide) groups is 1. The summed E-state index contributed by atoms with van der Waals surface area (Å²) in [6, 6.07) is 5.56. The second-order valence-electron chi connectivity index (χ2n) is 3.82. The van der Waals surface area contributed by atoms with E-state index in [0.717, 1.165) is 10.6 Å². The van der Waals surface area contributed by atoms with Gasteiger partial charge in [-0.25, -0.2) is 8.42 Å². The van der Waals surface area contributed by atoms with Crippen LogP contribution in [0.2, 0.25) is 0 Å². The monoisotopic (exact) mass is 257 g/mol. The molecule has 1 heterocycles. The smallest absolute Gasteiger partial charge is 0.185 e. The van der Waals surface area contributed by atoms with Crippen LogP contribution in [0.3, 0.4) is 0 Å². The molecule has 0 bridgehead atoms. The van der Waals surface area contributed by atoms with Gasteiger partial charge in [-0.05, 0) is 30.9 Å². The Morgan fingerprint density at radius 3 is 2.88 bits per heavy atom. The topological polar surface area (TPSA) is 46.2 Å². The van der Waals surface area contributed by atoms with Crippen molar-refractivity contribution < 1.29 is 8.42 Å². The summed E-state index contributed by atoms with van der Waals surface area (Å²) in [6.45, 7) is 2.43. The van der Waals surface area contributed by atoms with E-state index in [1.54, 1.807) is 17.8 Å². The van der Waals surface area contributed by atoms with Crippen molar-refractivity contribution >= 4 is 27.3 Å². The minimum atomic E-state index is -3.14. The second-order valence-corrected chi connectivity index (χ2v) is 6.89. The summed E-state index contributed by atoms with van der Waals surface area (Å²) in [5, 5.41) is 2.89. The quantitative estimate of drug-likeness (QED) is 0.826. The van der Waals surface area contributed by atoms with Crippen LogP contribution in [0.25, 0.3) is 0 Å². The molecule has 2 rings (SSSR count). The lowest BCUT2D eigenvalue weighted by molar-refractivity contribution is 0.574. The van der Waals surface area contributed by atoms with Crippen LogP contribution in [0.4, 0.5) is 5.69 Å². The molecule has 0 aliphatic carbocycles. The van der Waals surface area contributed by atoms with Crippen molar-refractivity contribution in [3.8, 4) is 0 Å². The third kappa shape index (κ3) is 1.82. The molecule has 0 spiro atoms. The average Bonchev–Trinajstić information content (AvgIpc) is 2.29. The van der Waals surface area contributed by atoms with Crippen LogP contribution >= 0.6 is 11.8 Å². The van der Waals surface area contributed by atoms with E-state index in [9.17, 15) is 8.42 Å². The van der Waals surface area contributed by atoms with Crippen LogP contribution in [0.5, 0.6) is 0 Å². The van der Waals surface area contributed by atoms with E-state index >= 15 is 0 Å². The molecule has 0 saturated carbocycles. The normalized spacial score (nSPS) is 22.2. The largest absolute Gasteiger partial charge is 0.383 e. The van der Waals surface area contributed by atoms with Gasteiger partial charge in [0.05, 0.1) is 15.8 Å². The van der Waals surface area contributed by atoms with E-state index in [-0.39, 0.29) is 5.25 Å². The van der Waals surface area contributed by atoms with Gasteiger partial charge in [-0.15, -0.1) is 11.8 Å². The summed E-state index contributed by atoms with van der Waals surface area (Å²) in [7, 11) is -3.14. The van der Waals surface area contributed by atoms with E-state index in [2.05, 4.69) is 5.32 Å². The number of anilines is 1. The molecule has 0 radical (unpaired) electrons. The van der Waals surface area contributed by atoms with Crippen molar-refractivity contribution in [2.45, 2.75) is 28.4 Å². The summed E-state index contributed by atoms with van der Waals surface area (Å²) in [5.74, 6) is 0. The molecular formula is C11H15NO2S2. The highest BCUT2D eigenvalue weighted by atomic mass is 32.2. The van der Waals surface area contributed by atoms with Crippen LogP contribution in [0, 0.1) is 0 Å². The van der Waals surface area contributed by atoms with E-state index in [4.69, 9.17) is 0 Å². The van der Waals surface area contributed by atoms with Crippen LogP contribution in [0.15, 0.2) is 28.0 Å². The zero-order chi connectivity index (χ0) is 11.8. The van der Waals surface area contributed by atoms with Crippen LogP contribution in [-0.2, 0) is 9.84 Å². The van der Waals surface area contributed by atoms with Gasteiger partial charge in [-0.1, -0.05) is 6.92 Å². The van der Waals surface area contributed by atoms with Gasteiger partial charge in [0, 0.05) is 11.4 Å². The fraction of sp³-hybridized carbons (Fsp3) is 0.455. The minimum absolute atomic E-state index is 0.294. The number of hydrogen-bond acceptors (Lipinski definition) is 4. The van der Waals surface area contributed by atoms with Gasteiger partial charge in [0.2, 0.25) is 0 Å². The Labute approximate surface area is 101 Å². The van der Waals surface area contributed by atoms with E-state index in [1.165, 1.54) is 0 Å². The Kier molecular flexibility index (Phi) is 3.17. The number of benzene rings is 1. The fourth-order valence-electron chi connectivity index (χ4n) is 1.89. The number of sulfone groups is 1. The molecule has 1 N–H and O–H groups in total. The maximum Gasteiger partial charge on any atom is 0.185 e. The highest BCUT2D eigenvalue weighted by Crippen LogP contribution is 2.33. The summed E-state index contributed by atoms with van der Waals surface area (Å²) in [5.41, 5.74) is 0.738. The zero-order valence-corrected chi connectivity index (χ0v) is 11.0. The van der Waals surface area contributed by atoms with Crippen molar-refractivity contribution in [2.75, 3.05) is 18.1 Å². The van der Waals surface area contributed by atoms with Gasteiger partial charge in [0.15, 0.2) is 9.84 Å². The molecule has 0 amide bonds. The van der Waals surface area contributed by atoms with Gasteiger partial charge in [0.25, 0.3) is 0 Å². The fourth-order valence-corrected chi connectivity index (χ4v) is 4.24. The Morgan fingerprint density at radius 1 is 1.50 bits per heavy atom. The van der Waals surface area contributed by atoms with Gasteiger partial charge in [-0.2, -0.15) is 0 Å². The number of fused-ring (bicyclic) bond motifs is 1. The SMILES string of the molecule is CCC1CNc2ccc(SC)cc2S1(=O)=O. The number of hydrogen-bond donors (Lipinski definition) is 1. The molecule has 1 unspecified atom stereocenters. The molecule has 1 aliphatic rings.